The lowest BCUT2D eigenvalue weighted by atomic mass is 9.70. The molecule has 19 heavy (non-hydrogen) atoms. The van der Waals surface area contributed by atoms with Crippen LogP contribution in [0.1, 0.15) is 65.4 Å². The van der Waals surface area contributed by atoms with Gasteiger partial charge in [-0.25, -0.2) is 0 Å². The van der Waals surface area contributed by atoms with E-state index in [0.717, 1.165) is 5.92 Å². The van der Waals surface area contributed by atoms with E-state index in [-0.39, 0.29) is 0 Å². The molecular formula is C18H29N. The van der Waals surface area contributed by atoms with Crippen molar-refractivity contribution in [2.75, 3.05) is 5.32 Å². The van der Waals surface area contributed by atoms with E-state index in [1.807, 2.05) is 0 Å². The van der Waals surface area contributed by atoms with E-state index >= 15 is 0 Å². The molecule has 0 spiro atoms. The smallest absolute Gasteiger partial charge is 0.0377 e. The summed E-state index contributed by atoms with van der Waals surface area (Å²) < 4.78 is 0. The lowest BCUT2D eigenvalue weighted by molar-refractivity contribution is 0.178. The van der Waals surface area contributed by atoms with Gasteiger partial charge in [0.25, 0.3) is 0 Å². The Morgan fingerprint density at radius 1 is 1.16 bits per heavy atom. The normalized spacial score (nSPS) is 26.4. The number of anilines is 1. The van der Waals surface area contributed by atoms with Crippen molar-refractivity contribution in [3.63, 3.8) is 0 Å². The fourth-order valence-electron chi connectivity index (χ4n) is 3.81. The molecule has 1 aromatic carbocycles. The van der Waals surface area contributed by atoms with Crippen LogP contribution in [0.5, 0.6) is 0 Å². The van der Waals surface area contributed by atoms with Gasteiger partial charge in [0, 0.05) is 11.7 Å². The van der Waals surface area contributed by atoms with Crippen LogP contribution < -0.4 is 5.32 Å². The Morgan fingerprint density at radius 3 is 2.47 bits per heavy atom. The number of hydrogen-bond acceptors (Lipinski definition) is 1. The minimum Gasteiger partial charge on any atom is -0.382 e. The van der Waals surface area contributed by atoms with Gasteiger partial charge in [0.2, 0.25) is 0 Å². The molecule has 0 heterocycles. The first-order valence-corrected chi connectivity index (χ1v) is 7.73. The topological polar surface area (TPSA) is 12.0 Å². The Morgan fingerprint density at radius 2 is 1.84 bits per heavy atom. The molecule has 1 heteroatoms. The lowest BCUT2D eigenvalue weighted by Gasteiger charge is -2.40. The maximum absolute atomic E-state index is 3.82. The van der Waals surface area contributed by atoms with E-state index in [4.69, 9.17) is 0 Å². The second-order valence-corrected chi connectivity index (χ2v) is 7.50. The van der Waals surface area contributed by atoms with E-state index in [1.165, 1.54) is 30.5 Å². The maximum atomic E-state index is 3.82. The zero-order valence-corrected chi connectivity index (χ0v) is 13.2. The zero-order valence-electron chi connectivity index (χ0n) is 13.2. The first-order chi connectivity index (χ1) is 8.87. The molecule has 1 aliphatic rings. The minimum absolute atomic E-state index is 0.474. The highest BCUT2D eigenvalue weighted by atomic mass is 14.9. The van der Waals surface area contributed by atoms with Crippen LogP contribution >= 0.6 is 0 Å². The Kier molecular flexibility index (Phi) is 4.23. The Labute approximate surface area is 118 Å². The van der Waals surface area contributed by atoms with Gasteiger partial charge in [-0.2, -0.15) is 0 Å². The molecule has 1 saturated carbocycles. The minimum atomic E-state index is 0.474. The van der Waals surface area contributed by atoms with Crippen LogP contribution in [0, 0.1) is 11.3 Å². The second-order valence-electron chi connectivity index (χ2n) is 7.50. The van der Waals surface area contributed by atoms with Gasteiger partial charge in [-0.05, 0) is 48.1 Å². The SMILES string of the molecule is CC1CC(Nc2ccccc2C(C)C)CC(C)(C)C1. The fourth-order valence-corrected chi connectivity index (χ4v) is 3.81. The molecule has 0 aliphatic heterocycles. The number of para-hydroxylation sites is 1. The molecule has 0 amide bonds. The predicted molar refractivity (Wildman–Crippen MR) is 84.7 cm³/mol. The van der Waals surface area contributed by atoms with Crippen LogP contribution in [-0.4, -0.2) is 6.04 Å². The van der Waals surface area contributed by atoms with Crippen molar-refractivity contribution in [2.45, 2.75) is 65.8 Å². The molecule has 2 atom stereocenters. The molecule has 0 saturated heterocycles. The summed E-state index contributed by atoms with van der Waals surface area (Å²) in [6.07, 6.45) is 3.94. The van der Waals surface area contributed by atoms with Crippen molar-refractivity contribution >= 4 is 5.69 Å². The largest absolute Gasteiger partial charge is 0.382 e. The molecule has 2 rings (SSSR count). The van der Waals surface area contributed by atoms with Gasteiger partial charge >= 0.3 is 0 Å². The van der Waals surface area contributed by atoms with Crippen molar-refractivity contribution in [1.29, 1.82) is 0 Å². The highest BCUT2D eigenvalue weighted by Gasteiger charge is 2.32. The van der Waals surface area contributed by atoms with Crippen LogP contribution in [0.15, 0.2) is 24.3 Å². The van der Waals surface area contributed by atoms with Crippen molar-refractivity contribution in [3.8, 4) is 0 Å². The average molecular weight is 259 g/mol. The van der Waals surface area contributed by atoms with E-state index < -0.39 is 0 Å². The standard InChI is InChI=1S/C18H29N/c1-13(2)16-8-6-7-9-17(16)19-15-10-14(3)11-18(4,5)12-15/h6-9,13-15,19H,10-12H2,1-5H3. The number of rotatable bonds is 3. The summed E-state index contributed by atoms with van der Waals surface area (Å²) in [5.41, 5.74) is 3.26. The molecule has 106 valence electrons. The quantitative estimate of drug-likeness (QED) is 0.762. The number of nitrogens with one attached hydrogen (secondary N) is 1. The van der Waals surface area contributed by atoms with Gasteiger partial charge in [0.1, 0.15) is 0 Å². The number of benzene rings is 1. The third-order valence-corrected chi connectivity index (χ3v) is 4.33. The molecule has 1 nitrogen and oxygen atoms in total. The van der Waals surface area contributed by atoms with Crippen molar-refractivity contribution < 1.29 is 0 Å². The summed E-state index contributed by atoms with van der Waals surface area (Å²) in [6, 6.07) is 9.41. The van der Waals surface area contributed by atoms with E-state index in [2.05, 4.69) is 64.2 Å². The third-order valence-electron chi connectivity index (χ3n) is 4.33. The predicted octanol–water partition coefficient (Wildman–Crippen LogP) is 5.44. The van der Waals surface area contributed by atoms with Gasteiger partial charge < -0.3 is 5.32 Å². The third kappa shape index (κ3) is 3.75. The summed E-state index contributed by atoms with van der Waals surface area (Å²) in [7, 11) is 0. The summed E-state index contributed by atoms with van der Waals surface area (Å²) >= 11 is 0. The van der Waals surface area contributed by atoms with Crippen LogP contribution in [0.25, 0.3) is 0 Å². The highest BCUT2D eigenvalue weighted by Crippen LogP contribution is 2.40. The van der Waals surface area contributed by atoms with Crippen LogP contribution in [-0.2, 0) is 0 Å². The Hall–Kier alpha value is -0.980. The maximum Gasteiger partial charge on any atom is 0.0377 e. The number of hydrogen-bond donors (Lipinski definition) is 1. The van der Waals surface area contributed by atoms with E-state index in [0.29, 0.717) is 17.4 Å². The highest BCUT2D eigenvalue weighted by molar-refractivity contribution is 5.53. The summed E-state index contributed by atoms with van der Waals surface area (Å²) in [5, 5.41) is 3.82. The van der Waals surface area contributed by atoms with Gasteiger partial charge in [-0.15, -0.1) is 0 Å². The monoisotopic (exact) mass is 259 g/mol. The average Bonchev–Trinajstić information content (AvgIpc) is 2.26. The second kappa shape index (κ2) is 5.56. The van der Waals surface area contributed by atoms with Crippen LogP contribution in [0.2, 0.25) is 0 Å². The fraction of sp³-hybridized carbons (Fsp3) is 0.667. The molecule has 0 bridgehead atoms. The van der Waals surface area contributed by atoms with Gasteiger partial charge in [-0.1, -0.05) is 52.8 Å². The molecule has 1 aliphatic carbocycles. The molecular weight excluding hydrogens is 230 g/mol. The Bertz CT molecular complexity index is 419. The van der Waals surface area contributed by atoms with Crippen LogP contribution in [0.3, 0.4) is 0 Å². The molecule has 1 N–H and O–H groups in total. The summed E-state index contributed by atoms with van der Waals surface area (Å²) in [4.78, 5) is 0. The lowest BCUT2D eigenvalue weighted by Crippen LogP contribution is -2.35. The van der Waals surface area contributed by atoms with Gasteiger partial charge in [-0.3, -0.25) is 0 Å². The Balaban J connectivity index is 2.13. The molecule has 1 aromatic rings. The first-order valence-electron chi connectivity index (χ1n) is 7.73. The van der Waals surface area contributed by atoms with Crippen molar-refractivity contribution in [1.82, 2.24) is 0 Å². The van der Waals surface area contributed by atoms with Gasteiger partial charge in [0.15, 0.2) is 0 Å². The molecule has 0 radical (unpaired) electrons. The molecule has 0 aromatic heterocycles. The van der Waals surface area contributed by atoms with E-state index in [9.17, 15) is 0 Å². The van der Waals surface area contributed by atoms with Crippen molar-refractivity contribution in [2.24, 2.45) is 11.3 Å². The van der Waals surface area contributed by atoms with Gasteiger partial charge in [0.05, 0.1) is 0 Å². The van der Waals surface area contributed by atoms with Crippen molar-refractivity contribution in [3.05, 3.63) is 29.8 Å². The molecule has 1 fully saturated rings. The summed E-state index contributed by atoms with van der Waals surface area (Å²) in [6.45, 7) is 11.8. The zero-order chi connectivity index (χ0) is 14.0. The first kappa shape index (κ1) is 14.4. The van der Waals surface area contributed by atoms with Crippen LogP contribution in [0.4, 0.5) is 5.69 Å². The van der Waals surface area contributed by atoms with E-state index in [1.54, 1.807) is 0 Å². The molecule has 2 unspecified atom stereocenters. The summed E-state index contributed by atoms with van der Waals surface area (Å²) in [5.74, 6) is 1.41.